The van der Waals surface area contributed by atoms with Crippen LogP contribution < -0.4 is 9.80 Å². The molecule has 318 valence electrons. The van der Waals surface area contributed by atoms with Gasteiger partial charge in [-0.1, -0.05) is 162 Å². The van der Waals surface area contributed by atoms with Crippen LogP contribution in [0.5, 0.6) is 0 Å². The van der Waals surface area contributed by atoms with Crippen LogP contribution in [0.4, 0.5) is 34.1 Å². The van der Waals surface area contributed by atoms with Crippen LogP contribution in [-0.2, 0) is 10.8 Å². The van der Waals surface area contributed by atoms with Gasteiger partial charge in [0.15, 0.2) is 0 Å². The molecule has 0 radical (unpaired) electrons. The summed E-state index contributed by atoms with van der Waals surface area (Å²) in [5.74, 6) is 0. The van der Waals surface area contributed by atoms with E-state index >= 15 is 0 Å². The van der Waals surface area contributed by atoms with Crippen LogP contribution in [0.25, 0.3) is 76.2 Å². The van der Waals surface area contributed by atoms with E-state index in [1.807, 2.05) is 0 Å². The van der Waals surface area contributed by atoms with Gasteiger partial charge in [-0.15, -0.1) is 0 Å². The Morgan fingerprint density at radius 3 is 1.23 bits per heavy atom. The lowest BCUT2D eigenvalue weighted by molar-refractivity contribution is 0.594. The molecule has 13 rings (SSSR count). The fourth-order valence-electron chi connectivity index (χ4n) is 9.45. The number of rotatable bonds is 6. The molecule has 0 bridgehead atoms. The van der Waals surface area contributed by atoms with E-state index in [-0.39, 0.29) is 38.7 Å². The Labute approximate surface area is 428 Å². The maximum Gasteiger partial charge on any atom is 0.0653 e. The second-order valence-corrected chi connectivity index (χ2v) is 17.0. The van der Waals surface area contributed by atoms with Crippen molar-refractivity contribution < 1.29 is 42.5 Å². The Balaban J connectivity index is 1.40. The number of hydrogen-bond acceptors (Lipinski definition) is 2. The van der Waals surface area contributed by atoms with Crippen molar-refractivity contribution >= 4 is 110 Å². The second kappa shape index (κ2) is 13.8. The molecule has 0 spiro atoms. The Morgan fingerprint density at radius 1 is 0.394 bits per heavy atom. The van der Waals surface area contributed by atoms with E-state index in [0.717, 1.165) is 14.2 Å². The van der Waals surface area contributed by atoms with Crippen molar-refractivity contribution in [3.8, 4) is 0 Å². The lowest BCUT2D eigenvalue weighted by Gasteiger charge is -2.26. The van der Waals surface area contributed by atoms with Crippen LogP contribution in [0, 0.1) is 0 Å². The Kier molecular flexibility index (Phi) is 3.90. The zero-order valence-corrected chi connectivity index (χ0v) is 35.1. The van der Waals surface area contributed by atoms with Gasteiger partial charge in [0.05, 0.1) is 74.6 Å². The van der Waals surface area contributed by atoms with E-state index in [9.17, 15) is 21.9 Å². The summed E-state index contributed by atoms with van der Waals surface area (Å²) >= 11 is 0. The van der Waals surface area contributed by atoms with Gasteiger partial charge in [0.1, 0.15) is 0 Å². The van der Waals surface area contributed by atoms with Gasteiger partial charge in [-0.2, -0.15) is 0 Å². The first-order valence-corrected chi connectivity index (χ1v) is 20.8. The van der Waals surface area contributed by atoms with E-state index in [4.69, 9.17) is 20.6 Å². The standard InChI is InChI=1S/C62H50N4/c1-61(2,3)49-31-19-29-45-55-51(63(39-21-11-7-12-22-39)40-23-13-8-14-24-40)35-33-43-47-38-54-48(37-53(47)65(57(45)49)59(43)55)44-34-36-52(64(41-25-15-9-16-26-41)42-27-17-10-18-28-42)56-46-30-20-32-50(62(4,5)6)58(46)66(54)60(44)56/h7-38H,1-6H3/i1D3,2D3,3D3,7D,9D,11D,12D,15D,16D,19D,20D,21D,22D,25D,26D,29D,30D,31D,32D,33D,34D,35D,36D,37D,38D. The minimum Gasteiger partial charge on any atom is -0.310 e. The summed E-state index contributed by atoms with van der Waals surface area (Å²) in [5.41, 5.74) is -12.4. The fourth-order valence-corrected chi connectivity index (χ4v) is 9.45. The smallest absolute Gasteiger partial charge is 0.0653 e. The van der Waals surface area contributed by atoms with Crippen LogP contribution in [0.15, 0.2) is 194 Å². The average molecular weight is 882 g/mol. The molecule has 0 amide bonds. The summed E-state index contributed by atoms with van der Waals surface area (Å²) in [7, 11) is 0. The monoisotopic (exact) mass is 882 g/mol. The van der Waals surface area contributed by atoms with Crippen molar-refractivity contribution in [2.24, 2.45) is 0 Å². The molecule has 0 atom stereocenters. The van der Waals surface area contributed by atoms with Gasteiger partial charge in [0, 0.05) is 78.2 Å². The molecule has 0 unspecified atom stereocenters. The summed E-state index contributed by atoms with van der Waals surface area (Å²) in [5, 5.41) is -3.86. The van der Waals surface area contributed by atoms with Crippen LogP contribution in [0.2, 0.25) is 0 Å². The van der Waals surface area contributed by atoms with Crippen molar-refractivity contribution in [2.75, 3.05) is 9.80 Å². The molecular formula is C62H50N4. The number of hydrogen-bond donors (Lipinski definition) is 0. The largest absolute Gasteiger partial charge is 0.310 e. The molecule has 4 heteroatoms. The average Bonchev–Trinajstić information content (AvgIpc) is 1.51. The quantitative estimate of drug-likeness (QED) is 0.165. The highest BCUT2D eigenvalue weighted by Gasteiger charge is 2.31. The molecule has 4 heterocycles. The van der Waals surface area contributed by atoms with Gasteiger partial charge in [-0.25, -0.2) is 0 Å². The Bertz CT molecular complexity index is 5570. The first kappa shape index (κ1) is 18.6. The first-order valence-electron chi connectivity index (χ1n) is 36.3. The number of anilines is 6. The SMILES string of the molecule is [2H]c1c([2H])c([2H])c(N(c2ccccc2)c2c([2H])c([2H])c3c4c([2H])c5c(c([2H])c4n4c6c(C(C)(C)C)c([2H])c([2H])c([2H])c6c2c34)c2c([2H])c([2H])c(N(c3ccccc3)c3c([2H])c([2H])c([2H])c([2H])c3[2H])c3c4c([2H])c([2H])c([2H])c(C(C([2H])([2H])[2H])(C([2H])([2H])[2H])C([2H])([2H])[2H])c4n5c23)c([2H])c1[2H]. The fraction of sp³-hybridized carbons (Fsp3) is 0.129. The van der Waals surface area contributed by atoms with Gasteiger partial charge in [-0.3, -0.25) is 0 Å². The third-order valence-corrected chi connectivity index (χ3v) is 12.1. The molecule has 0 N–H and O–H groups in total. The Hall–Kier alpha value is -7.82. The Morgan fingerprint density at radius 2 is 0.818 bits per heavy atom. The molecule has 66 heavy (non-hydrogen) atoms. The van der Waals surface area contributed by atoms with E-state index in [0.29, 0.717) is 0 Å². The van der Waals surface area contributed by atoms with Crippen LogP contribution >= 0.6 is 0 Å². The zero-order chi connectivity index (χ0) is 71.3. The molecule has 9 aromatic carbocycles. The summed E-state index contributed by atoms with van der Waals surface area (Å²) in [4.78, 5) is 2.07. The molecule has 0 saturated heterocycles. The van der Waals surface area contributed by atoms with E-state index in [2.05, 4.69) is 0 Å². The van der Waals surface area contributed by atoms with Gasteiger partial charge in [-0.05, 0) is 94.6 Å². The molecule has 0 aliphatic rings. The number of nitrogens with zero attached hydrogens (tertiary/aromatic N) is 4. The van der Waals surface area contributed by atoms with Crippen LogP contribution in [-0.4, -0.2) is 8.80 Å². The molecule has 4 nitrogen and oxygen atoms in total. The lowest BCUT2D eigenvalue weighted by Crippen LogP contribution is -2.12. The van der Waals surface area contributed by atoms with Gasteiger partial charge in [0.25, 0.3) is 0 Å². The van der Waals surface area contributed by atoms with E-state index in [1.54, 1.807) is 26.8 Å². The molecule has 13 aromatic rings. The number of benzene rings is 9. The third-order valence-electron chi connectivity index (χ3n) is 12.1. The minimum atomic E-state index is -4.26. The summed E-state index contributed by atoms with van der Waals surface area (Å²) in [6, 6.07) is -4.43. The summed E-state index contributed by atoms with van der Waals surface area (Å²) in [6.45, 7) is -7.74. The number of fused-ring (bicyclic) bond motifs is 12. The molecule has 4 aromatic heterocycles. The molecular weight excluding hydrogens is 801 g/mol. The maximum absolute atomic E-state index is 10.9. The lowest BCUT2D eigenvalue weighted by atomic mass is 9.85. The first-order chi connectivity index (χ1) is 45.0. The molecule has 0 aliphatic carbocycles. The second-order valence-electron chi connectivity index (χ2n) is 17.0. The zero-order valence-electron chi connectivity index (χ0n) is 66.1. The summed E-state index contributed by atoms with van der Waals surface area (Å²) < 4.78 is 295. The highest BCUT2D eigenvalue weighted by molar-refractivity contribution is 6.32. The van der Waals surface area contributed by atoms with Gasteiger partial charge < -0.3 is 18.6 Å². The van der Waals surface area contributed by atoms with Gasteiger partial charge in [0.2, 0.25) is 0 Å². The highest BCUT2D eigenvalue weighted by Crippen LogP contribution is 2.52. The molecule has 0 aliphatic heterocycles. The topological polar surface area (TPSA) is 15.3 Å². The van der Waals surface area contributed by atoms with Crippen molar-refractivity contribution in [3.63, 3.8) is 0 Å². The number of para-hydroxylation sites is 6. The minimum absolute atomic E-state index is 0.00686. The van der Waals surface area contributed by atoms with Crippen molar-refractivity contribution in [3.05, 3.63) is 205 Å². The predicted octanol–water partition coefficient (Wildman–Crippen LogP) is 17.5. The predicted molar refractivity (Wildman–Crippen MR) is 283 cm³/mol. The van der Waals surface area contributed by atoms with Gasteiger partial charge >= 0.3 is 0 Å². The molecule has 0 saturated carbocycles. The summed E-state index contributed by atoms with van der Waals surface area (Å²) in [6.07, 6.45) is 0. The highest BCUT2D eigenvalue weighted by atomic mass is 15.2. The number of aromatic nitrogens is 2. The van der Waals surface area contributed by atoms with Crippen LogP contribution in [0.1, 0.15) is 94.9 Å². The van der Waals surface area contributed by atoms with Crippen LogP contribution in [0.3, 0.4) is 0 Å². The van der Waals surface area contributed by atoms with Crippen molar-refractivity contribution in [1.82, 2.24) is 8.80 Å². The van der Waals surface area contributed by atoms with Crippen molar-refractivity contribution in [1.29, 1.82) is 0 Å². The normalized spacial score (nSPS) is 20.0. The maximum atomic E-state index is 10.9. The third kappa shape index (κ3) is 5.39. The van der Waals surface area contributed by atoms with Crippen molar-refractivity contribution in [2.45, 2.75) is 52.2 Å². The molecule has 0 fully saturated rings. The van der Waals surface area contributed by atoms with E-state index in [1.165, 1.54) is 59.0 Å². The van der Waals surface area contributed by atoms with E-state index < -0.39 is 247 Å².